The number of aliphatic hydroxyl groups is 2. The summed E-state index contributed by atoms with van der Waals surface area (Å²) in [5.74, 6) is -0.0701. The zero-order chi connectivity index (χ0) is 49.2. The Morgan fingerprint density at radius 3 is 0.941 bits per heavy atom. The number of aliphatic hydroxyl groups excluding tert-OH is 2. The van der Waals surface area contributed by atoms with E-state index in [-0.39, 0.29) is 12.5 Å². The summed E-state index contributed by atoms with van der Waals surface area (Å²) in [7, 11) is 0. The first kappa shape index (κ1) is 66.3. The van der Waals surface area contributed by atoms with Gasteiger partial charge in [-0.1, -0.05) is 313 Å². The van der Waals surface area contributed by atoms with Gasteiger partial charge in [-0.3, -0.25) is 4.79 Å². The largest absolute Gasteiger partial charge is 0.394 e. The molecule has 2 unspecified atom stereocenters. The minimum absolute atomic E-state index is 0.0701. The number of hydrogen-bond donors (Lipinski definition) is 3. The van der Waals surface area contributed by atoms with E-state index in [1.807, 2.05) is 6.08 Å². The molecule has 400 valence electrons. The summed E-state index contributed by atoms with van der Waals surface area (Å²) in [6, 6.07) is -0.639. The van der Waals surface area contributed by atoms with Crippen molar-refractivity contribution in [1.82, 2.24) is 5.32 Å². The molecular weight excluding hydrogens is 831 g/mol. The van der Waals surface area contributed by atoms with E-state index in [2.05, 4.69) is 55.6 Å². The molecule has 0 aliphatic heterocycles. The number of rotatable bonds is 57. The Morgan fingerprint density at radius 2 is 0.618 bits per heavy atom. The normalized spacial score (nSPS) is 13.1. The van der Waals surface area contributed by atoms with E-state index in [0.717, 1.165) is 38.5 Å². The summed E-state index contributed by atoms with van der Waals surface area (Å²) >= 11 is 0. The van der Waals surface area contributed by atoms with Crippen molar-refractivity contribution in [2.24, 2.45) is 0 Å². The second kappa shape index (κ2) is 59.7. The fourth-order valence-corrected chi connectivity index (χ4v) is 9.58. The van der Waals surface area contributed by atoms with Crippen LogP contribution in [0.3, 0.4) is 0 Å². The van der Waals surface area contributed by atoms with E-state index in [4.69, 9.17) is 0 Å². The number of allylic oxidation sites excluding steroid dienone is 7. The Morgan fingerprint density at radius 1 is 0.353 bits per heavy atom. The fraction of sp³-hybridized carbons (Fsp3) is 0.859. The maximum Gasteiger partial charge on any atom is 0.220 e. The smallest absolute Gasteiger partial charge is 0.220 e. The van der Waals surface area contributed by atoms with Gasteiger partial charge in [0, 0.05) is 6.42 Å². The third-order valence-electron chi connectivity index (χ3n) is 14.3. The van der Waals surface area contributed by atoms with Crippen LogP contribution in [0.4, 0.5) is 0 Å². The molecule has 3 N–H and O–H groups in total. The van der Waals surface area contributed by atoms with E-state index >= 15 is 0 Å². The van der Waals surface area contributed by atoms with Crippen molar-refractivity contribution in [3.05, 3.63) is 48.6 Å². The van der Waals surface area contributed by atoms with E-state index in [1.165, 1.54) is 276 Å². The second-order valence-electron chi connectivity index (χ2n) is 21.1. The zero-order valence-corrected chi connectivity index (χ0v) is 46.1. The van der Waals surface area contributed by atoms with Crippen molar-refractivity contribution in [1.29, 1.82) is 0 Å². The van der Waals surface area contributed by atoms with Crippen molar-refractivity contribution in [3.63, 3.8) is 0 Å². The Hall–Kier alpha value is -1.65. The van der Waals surface area contributed by atoms with Gasteiger partial charge < -0.3 is 15.5 Å². The highest BCUT2D eigenvalue weighted by Gasteiger charge is 2.18. The number of carbonyl (C=O) groups excluding carboxylic acids is 1. The topological polar surface area (TPSA) is 69.6 Å². The zero-order valence-electron chi connectivity index (χ0n) is 46.1. The monoisotopic (exact) mass is 952 g/mol. The van der Waals surface area contributed by atoms with Crippen LogP contribution in [0.25, 0.3) is 0 Å². The van der Waals surface area contributed by atoms with Crippen LogP contribution < -0.4 is 5.32 Å². The van der Waals surface area contributed by atoms with Crippen LogP contribution in [0, 0.1) is 0 Å². The molecule has 0 aromatic rings. The predicted octanol–water partition coefficient (Wildman–Crippen LogP) is 20.6. The summed E-state index contributed by atoms with van der Waals surface area (Å²) < 4.78 is 0. The molecule has 1 amide bonds. The van der Waals surface area contributed by atoms with Gasteiger partial charge in [-0.15, -0.1) is 0 Å². The summed E-state index contributed by atoms with van der Waals surface area (Å²) in [4.78, 5) is 12.5. The lowest BCUT2D eigenvalue weighted by Crippen LogP contribution is -2.45. The number of unbranched alkanes of at least 4 members (excludes halogenated alkanes) is 44. The average Bonchev–Trinajstić information content (AvgIpc) is 3.34. The SMILES string of the molecule is CCCCCCCCCCCCC/C=C/CC/C=C/C(O)C(CO)NC(=O)CCCCCCCCCCCCCCCCCCC/C=C\C/C=C\CCCCCCCCCCCCCCCCC. The van der Waals surface area contributed by atoms with Crippen molar-refractivity contribution >= 4 is 5.91 Å². The maximum absolute atomic E-state index is 12.5. The van der Waals surface area contributed by atoms with Crippen molar-refractivity contribution in [2.45, 2.75) is 347 Å². The van der Waals surface area contributed by atoms with Gasteiger partial charge in [0.25, 0.3) is 0 Å². The molecule has 0 radical (unpaired) electrons. The Bertz CT molecular complexity index is 1080. The molecule has 2 atom stereocenters. The molecule has 0 aliphatic rings. The van der Waals surface area contributed by atoms with Crippen LogP contribution in [0.5, 0.6) is 0 Å². The molecule has 0 heterocycles. The molecule has 0 bridgehead atoms. The Labute approximate surface area is 426 Å². The van der Waals surface area contributed by atoms with E-state index in [9.17, 15) is 15.0 Å². The van der Waals surface area contributed by atoms with Gasteiger partial charge in [0.1, 0.15) is 0 Å². The Balaban J connectivity index is 3.44. The van der Waals surface area contributed by atoms with Crippen LogP contribution in [0.1, 0.15) is 335 Å². The van der Waals surface area contributed by atoms with Crippen LogP contribution in [-0.4, -0.2) is 34.9 Å². The first-order valence-corrected chi connectivity index (χ1v) is 30.9. The van der Waals surface area contributed by atoms with Crippen LogP contribution in [0.15, 0.2) is 48.6 Å². The van der Waals surface area contributed by atoms with Crippen LogP contribution >= 0.6 is 0 Å². The van der Waals surface area contributed by atoms with Crippen molar-refractivity contribution in [3.8, 4) is 0 Å². The molecular formula is C64H121NO3. The predicted molar refractivity (Wildman–Crippen MR) is 304 cm³/mol. The first-order chi connectivity index (χ1) is 33.7. The van der Waals surface area contributed by atoms with Crippen molar-refractivity contribution < 1.29 is 15.0 Å². The van der Waals surface area contributed by atoms with Gasteiger partial charge in [-0.2, -0.15) is 0 Å². The molecule has 4 nitrogen and oxygen atoms in total. The number of amides is 1. The number of hydrogen-bond acceptors (Lipinski definition) is 3. The molecule has 0 saturated carbocycles. The van der Waals surface area contributed by atoms with Gasteiger partial charge in [0.05, 0.1) is 18.8 Å². The van der Waals surface area contributed by atoms with E-state index in [0.29, 0.717) is 6.42 Å². The lowest BCUT2D eigenvalue weighted by atomic mass is 10.0. The highest BCUT2D eigenvalue weighted by atomic mass is 16.3. The highest BCUT2D eigenvalue weighted by Crippen LogP contribution is 2.17. The van der Waals surface area contributed by atoms with E-state index in [1.54, 1.807) is 6.08 Å². The highest BCUT2D eigenvalue weighted by molar-refractivity contribution is 5.76. The maximum atomic E-state index is 12.5. The average molecular weight is 953 g/mol. The molecule has 0 aliphatic carbocycles. The summed E-state index contributed by atoms with van der Waals surface area (Å²) in [5, 5.41) is 23.1. The van der Waals surface area contributed by atoms with Gasteiger partial charge in [-0.05, 0) is 64.2 Å². The quantitative estimate of drug-likeness (QED) is 0.0420. The number of nitrogens with one attached hydrogen (secondary N) is 1. The van der Waals surface area contributed by atoms with Gasteiger partial charge in [0.15, 0.2) is 0 Å². The lowest BCUT2D eigenvalue weighted by Gasteiger charge is -2.19. The molecule has 0 aromatic carbocycles. The lowest BCUT2D eigenvalue weighted by molar-refractivity contribution is -0.123. The minimum atomic E-state index is -0.862. The van der Waals surface area contributed by atoms with Gasteiger partial charge in [-0.25, -0.2) is 0 Å². The Kier molecular flexibility index (Phi) is 58.2. The third-order valence-corrected chi connectivity index (χ3v) is 14.3. The van der Waals surface area contributed by atoms with Crippen LogP contribution in [0.2, 0.25) is 0 Å². The molecule has 0 rings (SSSR count). The summed E-state index contributed by atoms with van der Waals surface area (Å²) in [6.45, 7) is 4.32. The van der Waals surface area contributed by atoms with Crippen molar-refractivity contribution in [2.75, 3.05) is 6.61 Å². The number of carbonyl (C=O) groups is 1. The summed E-state index contributed by atoms with van der Waals surface area (Å²) in [6.07, 6.45) is 83.1. The molecule has 68 heavy (non-hydrogen) atoms. The molecule has 0 spiro atoms. The van der Waals surface area contributed by atoms with Gasteiger partial charge in [0.2, 0.25) is 5.91 Å². The fourth-order valence-electron chi connectivity index (χ4n) is 9.58. The molecule has 0 saturated heterocycles. The summed E-state index contributed by atoms with van der Waals surface area (Å²) in [5.41, 5.74) is 0. The standard InChI is InChI=1S/C64H121NO3/c1-3-5-7-9-11-13-15-17-19-21-22-23-24-25-26-27-28-29-30-31-32-33-34-35-36-37-38-39-40-41-42-44-46-48-50-52-54-56-58-60-64(68)65-62(61-66)63(67)59-57-55-53-51-49-47-45-43-20-18-16-14-12-10-8-6-4-2/h28-29,31-32,49,51,57,59,62-63,66-67H,3-27,30,33-48,50,52-56,58,60-61H2,1-2H3,(H,65,68)/b29-28-,32-31-,51-49+,59-57+. The van der Waals surface area contributed by atoms with Gasteiger partial charge >= 0.3 is 0 Å². The first-order valence-electron chi connectivity index (χ1n) is 30.9. The molecule has 0 aromatic heterocycles. The minimum Gasteiger partial charge on any atom is -0.394 e. The van der Waals surface area contributed by atoms with E-state index < -0.39 is 12.1 Å². The molecule has 0 fully saturated rings. The van der Waals surface area contributed by atoms with Crippen LogP contribution in [-0.2, 0) is 4.79 Å². The molecule has 4 heteroatoms. The third kappa shape index (κ3) is 55.3. The second-order valence-corrected chi connectivity index (χ2v) is 21.1.